The molecule has 0 fully saturated rings. The van der Waals surface area contributed by atoms with E-state index in [-0.39, 0.29) is 0 Å². The minimum absolute atomic E-state index is 0.414. The number of anilines is 2. The number of nitrogen functional groups attached to an aromatic ring is 1. The Morgan fingerprint density at radius 3 is 2.75 bits per heavy atom. The molecule has 20 heavy (non-hydrogen) atoms. The van der Waals surface area contributed by atoms with Gasteiger partial charge < -0.3 is 15.4 Å². The summed E-state index contributed by atoms with van der Waals surface area (Å²) < 4.78 is 37.5. The molecule has 0 spiro atoms. The van der Waals surface area contributed by atoms with Gasteiger partial charge in [0.2, 0.25) is 0 Å². The van der Waals surface area contributed by atoms with Gasteiger partial charge in [0.25, 0.3) is 10.1 Å². The van der Waals surface area contributed by atoms with Crippen LogP contribution >= 0.6 is 0 Å². The second-order valence-corrected chi connectivity index (χ2v) is 6.04. The summed E-state index contributed by atoms with van der Waals surface area (Å²) in [5.41, 5.74) is 6.38. The Bertz CT molecular complexity index is 529. The normalized spacial score (nSPS) is 13.4. The molecule has 0 aromatic carbocycles. The van der Waals surface area contributed by atoms with Crippen LogP contribution in [0.4, 0.5) is 11.5 Å². The van der Waals surface area contributed by atoms with Crippen LogP contribution < -0.4 is 10.6 Å². The molecule has 0 aliphatic carbocycles. The predicted octanol–water partition coefficient (Wildman–Crippen LogP) is 0.387. The van der Waals surface area contributed by atoms with Crippen LogP contribution in [-0.2, 0) is 14.9 Å². The summed E-state index contributed by atoms with van der Waals surface area (Å²) in [6.45, 7) is 5.43. The average Bonchev–Trinajstić information content (AvgIpc) is 2.71. The van der Waals surface area contributed by atoms with Crippen molar-refractivity contribution in [2.45, 2.75) is 19.9 Å². The molecule has 1 unspecified atom stereocenters. The maximum atomic E-state index is 11.0. The minimum Gasteiger partial charge on any atom is -0.394 e. The van der Waals surface area contributed by atoms with E-state index in [4.69, 9.17) is 15.0 Å². The highest BCUT2D eigenvalue weighted by Gasteiger charge is 2.22. The van der Waals surface area contributed by atoms with Crippen LogP contribution in [0.5, 0.6) is 0 Å². The fraction of sp³-hybridized carbons (Fsp3) is 0.727. The number of hydrogen-bond acceptors (Lipinski definition) is 6. The summed E-state index contributed by atoms with van der Waals surface area (Å²) in [6.07, 6.45) is 1.48. The Morgan fingerprint density at radius 1 is 1.60 bits per heavy atom. The molecule has 8 nitrogen and oxygen atoms in total. The van der Waals surface area contributed by atoms with Gasteiger partial charge in [-0.05, 0) is 13.8 Å². The first-order chi connectivity index (χ1) is 9.30. The van der Waals surface area contributed by atoms with E-state index in [2.05, 4.69) is 5.10 Å². The summed E-state index contributed by atoms with van der Waals surface area (Å²) in [5.74, 6) is 0.226. The molecule has 116 valence electrons. The topological polar surface area (TPSA) is 111 Å². The summed E-state index contributed by atoms with van der Waals surface area (Å²) in [7, 11) is -2.47. The summed E-state index contributed by atoms with van der Waals surface area (Å²) in [6, 6.07) is -0.520. The first kappa shape index (κ1) is 16.7. The minimum atomic E-state index is -4.07. The number of methoxy groups -OCH3 is 1. The Balaban J connectivity index is 3.04. The van der Waals surface area contributed by atoms with Crippen LogP contribution in [0.2, 0.25) is 0 Å². The lowest BCUT2D eigenvalue weighted by molar-refractivity contribution is 0.205. The van der Waals surface area contributed by atoms with E-state index >= 15 is 0 Å². The van der Waals surface area contributed by atoms with Crippen molar-refractivity contribution in [2.75, 3.05) is 43.2 Å². The zero-order valence-electron chi connectivity index (χ0n) is 12.0. The highest BCUT2D eigenvalue weighted by molar-refractivity contribution is 7.85. The van der Waals surface area contributed by atoms with Gasteiger partial charge in [0.05, 0.1) is 30.3 Å². The highest BCUT2D eigenvalue weighted by Crippen LogP contribution is 2.26. The van der Waals surface area contributed by atoms with E-state index in [9.17, 15) is 8.42 Å². The molecule has 9 heteroatoms. The lowest BCUT2D eigenvalue weighted by Crippen LogP contribution is -2.31. The monoisotopic (exact) mass is 306 g/mol. The molecule has 0 aliphatic rings. The zero-order chi connectivity index (χ0) is 15.3. The van der Waals surface area contributed by atoms with Crippen molar-refractivity contribution in [3.63, 3.8) is 0 Å². The summed E-state index contributed by atoms with van der Waals surface area (Å²) in [4.78, 5) is 1.95. The van der Waals surface area contributed by atoms with Gasteiger partial charge in [0.1, 0.15) is 0 Å². The lowest BCUT2D eigenvalue weighted by atomic mass is 10.3. The quantitative estimate of drug-likeness (QED) is 0.668. The van der Waals surface area contributed by atoms with Gasteiger partial charge in [0.15, 0.2) is 5.82 Å². The maximum absolute atomic E-state index is 11.0. The molecule has 1 rings (SSSR count). The summed E-state index contributed by atoms with van der Waals surface area (Å²) >= 11 is 0. The van der Waals surface area contributed by atoms with E-state index < -0.39 is 21.9 Å². The molecule has 1 heterocycles. The fourth-order valence-electron chi connectivity index (χ4n) is 2.01. The summed E-state index contributed by atoms with van der Waals surface area (Å²) in [5, 5.41) is 4.11. The molecule has 0 saturated heterocycles. The van der Waals surface area contributed by atoms with Gasteiger partial charge in [-0.3, -0.25) is 4.55 Å². The Morgan fingerprint density at radius 2 is 2.25 bits per heavy atom. The van der Waals surface area contributed by atoms with Crippen LogP contribution in [-0.4, -0.2) is 55.3 Å². The first-order valence-corrected chi connectivity index (χ1v) is 7.93. The van der Waals surface area contributed by atoms with Crippen molar-refractivity contribution < 1.29 is 17.7 Å². The number of nitrogens with zero attached hydrogens (tertiary/aromatic N) is 3. The number of rotatable bonds is 8. The van der Waals surface area contributed by atoms with Crippen LogP contribution in [0.15, 0.2) is 6.20 Å². The number of nitrogens with two attached hydrogens (primary N) is 1. The van der Waals surface area contributed by atoms with Crippen molar-refractivity contribution in [3.05, 3.63) is 6.20 Å². The second kappa shape index (κ2) is 6.91. The van der Waals surface area contributed by atoms with Crippen LogP contribution in [0, 0.1) is 0 Å². The third-order valence-electron chi connectivity index (χ3n) is 2.91. The highest BCUT2D eigenvalue weighted by atomic mass is 32.2. The van der Waals surface area contributed by atoms with E-state index in [1.54, 1.807) is 14.0 Å². The van der Waals surface area contributed by atoms with E-state index in [0.29, 0.717) is 31.2 Å². The fourth-order valence-corrected chi connectivity index (χ4v) is 2.76. The molecule has 1 atom stereocenters. The first-order valence-electron chi connectivity index (χ1n) is 6.32. The van der Waals surface area contributed by atoms with Crippen molar-refractivity contribution in [1.82, 2.24) is 9.78 Å². The number of ether oxygens (including phenoxy) is 1. The smallest absolute Gasteiger partial charge is 0.266 e. The number of aromatic nitrogens is 2. The molecule has 0 radical (unpaired) electrons. The maximum Gasteiger partial charge on any atom is 0.266 e. The zero-order valence-corrected chi connectivity index (χ0v) is 12.8. The van der Waals surface area contributed by atoms with Gasteiger partial charge in [-0.1, -0.05) is 0 Å². The van der Waals surface area contributed by atoms with Crippen molar-refractivity contribution in [3.8, 4) is 0 Å². The lowest BCUT2D eigenvalue weighted by Gasteiger charge is -2.26. The molecule has 0 saturated carbocycles. The SMILES string of the molecule is CCN(CCOC)c1c(N)cnn1C(C)CS(=O)(=O)O. The average molecular weight is 306 g/mol. The Kier molecular flexibility index (Phi) is 5.78. The van der Waals surface area contributed by atoms with E-state index in [0.717, 1.165) is 0 Å². The van der Waals surface area contributed by atoms with E-state index in [1.165, 1.54) is 10.9 Å². The number of hydrogen-bond donors (Lipinski definition) is 2. The Labute approximate surface area is 119 Å². The third-order valence-corrected chi connectivity index (χ3v) is 3.82. The van der Waals surface area contributed by atoms with Crippen molar-refractivity contribution in [1.29, 1.82) is 0 Å². The molecular formula is C11H22N4O4S. The van der Waals surface area contributed by atoms with Crippen molar-refractivity contribution in [2.24, 2.45) is 0 Å². The van der Waals surface area contributed by atoms with Gasteiger partial charge >= 0.3 is 0 Å². The van der Waals surface area contributed by atoms with Gasteiger partial charge in [0, 0.05) is 20.2 Å². The van der Waals surface area contributed by atoms with Crippen molar-refractivity contribution >= 4 is 21.6 Å². The van der Waals surface area contributed by atoms with Crippen LogP contribution in [0.1, 0.15) is 19.9 Å². The second-order valence-electron chi connectivity index (χ2n) is 4.54. The van der Waals surface area contributed by atoms with Crippen LogP contribution in [0.3, 0.4) is 0 Å². The molecule has 0 aliphatic heterocycles. The molecule has 0 bridgehead atoms. The molecule has 1 aromatic rings. The van der Waals surface area contributed by atoms with Gasteiger partial charge in [-0.25, -0.2) is 4.68 Å². The molecule has 3 N–H and O–H groups in total. The largest absolute Gasteiger partial charge is 0.394 e. The molecule has 1 aromatic heterocycles. The van der Waals surface area contributed by atoms with Gasteiger partial charge in [-0.2, -0.15) is 13.5 Å². The third kappa shape index (κ3) is 4.36. The van der Waals surface area contributed by atoms with Gasteiger partial charge in [-0.15, -0.1) is 0 Å². The predicted molar refractivity (Wildman–Crippen MR) is 77.5 cm³/mol. The Hall–Kier alpha value is -1.32. The molecule has 0 amide bonds. The molecular weight excluding hydrogens is 284 g/mol. The number of likely N-dealkylation sites (N-methyl/N-ethyl adjacent to an activating group) is 1. The standard InChI is InChI=1S/C11H22N4O4S/c1-4-14(5-6-19-3)11-10(12)7-13-15(11)9(2)8-20(16,17)18/h7,9H,4-6,8,12H2,1-3H3,(H,16,17,18). The van der Waals surface area contributed by atoms with Crippen LogP contribution in [0.25, 0.3) is 0 Å². The van der Waals surface area contributed by atoms with E-state index in [1.807, 2.05) is 11.8 Å².